The summed E-state index contributed by atoms with van der Waals surface area (Å²) >= 11 is 0. The second-order valence-corrected chi connectivity index (χ2v) is 22.6. The van der Waals surface area contributed by atoms with Crippen molar-refractivity contribution >= 4 is 39.4 Å². The maximum atomic E-state index is 15.4. The molecule has 1 saturated heterocycles. The minimum Gasteiger partial charge on any atom is -0.511 e. The Bertz CT molecular complexity index is 2490. The fourth-order valence-electron chi connectivity index (χ4n) is 14.4. The molecule has 3 saturated carbocycles. The van der Waals surface area contributed by atoms with Gasteiger partial charge in [-0.05, 0) is 115 Å². The van der Waals surface area contributed by atoms with Crippen LogP contribution in [0.4, 0.5) is 0 Å². The lowest BCUT2D eigenvalue weighted by Gasteiger charge is -2.64. The first-order valence-corrected chi connectivity index (χ1v) is 25.5. The van der Waals surface area contributed by atoms with Crippen molar-refractivity contribution in [1.82, 2.24) is 10.6 Å². The quantitative estimate of drug-likeness (QED) is 0.147. The molecule has 65 heavy (non-hydrogen) atoms. The van der Waals surface area contributed by atoms with Gasteiger partial charge in [0.15, 0.2) is 11.6 Å². The van der Waals surface area contributed by atoms with Crippen LogP contribution in [0.1, 0.15) is 89.6 Å². The number of hydrogen-bond acceptors (Lipinski definition) is 15. The molecule has 3 aliphatic heterocycles. The molecule has 6 aliphatic carbocycles. The molecule has 11 rings (SSSR count). The second kappa shape index (κ2) is 15.8. The van der Waals surface area contributed by atoms with Gasteiger partial charge in [0.25, 0.3) is 0 Å². The van der Waals surface area contributed by atoms with E-state index in [4.69, 9.17) is 9.47 Å². The molecule has 2 aromatic rings. The first-order valence-electron chi connectivity index (χ1n) is 23.1. The number of benzene rings is 2. The van der Waals surface area contributed by atoms with Gasteiger partial charge in [-0.15, -0.1) is 0 Å². The van der Waals surface area contributed by atoms with Crippen molar-refractivity contribution in [2.75, 3.05) is 24.8 Å². The molecule has 15 heteroatoms. The molecule has 3 spiro atoms. The number of rotatable bonds is 5. The molecule has 8 N–H and O–H groups in total. The third-order valence-corrected chi connectivity index (χ3v) is 19.6. The van der Waals surface area contributed by atoms with Gasteiger partial charge in [-0.2, -0.15) is 0 Å². The highest BCUT2D eigenvalue weighted by Crippen LogP contribution is 2.73. The van der Waals surface area contributed by atoms with Gasteiger partial charge in [0, 0.05) is 35.1 Å². The van der Waals surface area contributed by atoms with Gasteiger partial charge in [-0.1, -0.05) is 70.5 Å². The molecular weight excluding hydrogens is 869 g/mol. The summed E-state index contributed by atoms with van der Waals surface area (Å²) in [5.41, 5.74) is -2.41. The third kappa shape index (κ3) is 6.18. The highest BCUT2D eigenvalue weighted by molar-refractivity contribution is 8.76. The highest BCUT2D eigenvalue weighted by atomic mass is 33.1. The number of Topliss-reactive ketones (excluding diaryl/α,β-unsaturated/α-hetero) is 2. The Kier molecular flexibility index (Phi) is 10.6. The number of ketones is 2. The van der Waals surface area contributed by atoms with E-state index >= 15 is 4.79 Å². The summed E-state index contributed by atoms with van der Waals surface area (Å²) in [6.45, 7) is -0.288. The number of dihydropyridines is 1. The Balaban J connectivity index is 1.05. The van der Waals surface area contributed by atoms with E-state index in [-0.39, 0.29) is 58.7 Å². The van der Waals surface area contributed by atoms with Crippen molar-refractivity contribution < 1.29 is 54.5 Å². The van der Waals surface area contributed by atoms with Gasteiger partial charge in [0.2, 0.25) is 6.29 Å². The summed E-state index contributed by atoms with van der Waals surface area (Å²) < 4.78 is 13.0. The number of hydrogen-bond donors (Lipinski definition) is 8. The van der Waals surface area contributed by atoms with Gasteiger partial charge in [-0.25, -0.2) is 0 Å². The predicted molar refractivity (Wildman–Crippen MR) is 242 cm³/mol. The fraction of sp³-hybridized carbons (Fsp3) is 0.540. The van der Waals surface area contributed by atoms with E-state index in [1.54, 1.807) is 24.3 Å². The molecule has 0 aromatic heterocycles. The average Bonchev–Trinajstić information content (AvgIpc) is 3.88. The van der Waals surface area contributed by atoms with Crippen LogP contribution in [0.5, 0.6) is 5.75 Å². The lowest BCUT2D eigenvalue weighted by atomic mass is 9.47. The van der Waals surface area contributed by atoms with Crippen LogP contribution in [-0.2, 0) is 22.6 Å². The Morgan fingerprint density at radius 1 is 0.969 bits per heavy atom. The van der Waals surface area contributed by atoms with Gasteiger partial charge in [-0.3, -0.25) is 9.59 Å². The van der Waals surface area contributed by atoms with Crippen molar-refractivity contribution in [2.24, 2.45) is 39.9 Å². The van der Waals surface area contributed by atoms with Crippen molar-refractivity contribution in [1.29, 1.82) is 0 Å². The lowest BCUT2D eigenvalue weighted by Crippen LogP contribution is -2.79. The zero-order chi connectivity index (χ0) is 45.1. The zero-order valence-corrected chi connectivity index (χ0v) is 37.7. The smallest absolute Gasteiger partial charge is 0.229 e. The number of nitrogens with one attached hydrogen (secondary N) is 2. The van der Waals surface area contributed by atoms with Crippen LogP contribution in [0.2, 0.25) is 0 Å². The Hall–Kier alpha value is -3.93. The lowest BCUT2D eigenvalue weighted by molar-refractivity contribution is -0.384. The molecule has 0 amide bonds. The number of carbonyl (C=O) groups is 3. The molecule has 7 bridgehead atoms. The summed E-state index contributed by atoms with van der Waals surface area (Å²) in [4.78, 5) is 43.2. The van der Waals surface area contributed by atoms with E-state index in [0.29, 0.717) is 37.3 Å². The van der Waals surface area contributed by atoms with Crippen LogP contribution < -0.4 is 15.4 Å². The van der Waals surface area contributed by atoms with Crippen LogP contribution >= 0.6 is 21.6 Å². The van der Waals surface area contributed by atoms with Gasteiger partial charge < -0.3 is 55.5 Å². The number of fused-ring (bicyclic) bond motifs is 2. The van der Waals surface area contributed by atoms with E-state index in [1.165, 1.54) is 33.2 Å². The molecule has 12 unspecified atom stereocenters. The number of allylic oxidation sites excluding steroid dienone is 6. The van der Waals surface area contributed by atoms with Crippen molar-refractivity contribution in [3.63, 3.8) is 0 Å². The van der Waals surface area contributed by atoms with Crippen LogP contribution in [-0.4, -0.2) is 103 Å². The molecule has 0 radical (unpaired) electrons. The molecular formula is C50H56N2O11S2. The molecule has 9 aliphatic rings. The monoisotopic (exact) mass is 924 g/mol. The van der Waals surface area contributed by atoms with Crippen LogP contribution in [0.15, 0.2) is 89.0 Å². The van der Waals surface area contributed by atoms with Crippen molar-refractivity contribution in [2.45, 2.75) is 101 Å². The Morgan fingerprint density at radius 2 is 1.80 bits per heavy atom. The number of aliphatic hydroxyl groups excluding tert-OH is 5. The van der Waals surface area contributed by atoms with E-state index < -0.39 is 70.5 Å². The maximum absolute atomic E-state index is 15.4. The topological polar surface area (TPSA) is 215 Å². The summed E-state index contributed by atoms with van der Waals surface area (Å²) in [6, 6.07) is 12.0. The number of aldehydes is 1. The number of ether oxygens (including phenoxy) is 2. The highest BCUT2D eigenvalue weighted by Gasteiger charge is 2.75. The fourth-order valence-corrected chi connectivity index (χ4v) is 16.6. The summed E-state index contributed by atoms with van der Waals surface area (Å²) in [5, 5.41) is 78.9. The van der Waals surface area contributed by atoms with Crippen LogP contribution in [0.3, 0.4) is 0 Å². The minimum atomic E-state index is -2.30. The Morgan fingerprint density at radius 3 is 2.62 bits per heavy atom. The molecule has 3 heterocycles. The third-order valence-electron chi connectivity index (χ3n) is 17.4. The van der Waals surface area contributed by atoms with E-state index in [1.807, 2.05) is 24.3 Å². The molecule has 2 aromatic carbocycles. The molecule has 13 nitrogen and oxygen atoms in total. The molecule has 12 atom stereocenters. The first kappa shape index (κ1) is 43.6. The second-order valence-electron chi connectivity index (χ2n) is 20.2. The molecule has 344 valence electrons. The minimum absolute atomic E-state index is 0.0187. The average molecular weight is 925 g/mol. The zero-order valence-electron chi connectivity index (χ0n) is 36.0. The molecule has 4 fully saturated rings. The van der Waals surface area contributed by atoms with Gasteiger partial charge in [0.05, 0.1) is 36.4 Å². The number of carbonyl (C=O) groups excluding carboxylic acids is 3. The van der Waals surface area contributed by atoms with E-state index in [2.05, 4.69) is 16.7 Å². The summed E-state index contributed by atoms with van der Waals surface area (Å²) in [6.07, 6.45) is 7.59. The summed E-state index contributed by atoms with van der Waals surface area (Å²) in [5.74, 6) is -2.12. The van der Waals surface area contributed by atoms with E-state index in [0.717, 1.165) is 67.3 Å². The van der Waals surface area contributed by atoms with Gasteiger partial charge in [0.1, 0.15) is 46.6 Å². The largest absolute Gasteiger partial charge is 0.511 e. The maximum Gasteiger partial charge on any atom is 0.229 e. The van der Waals surface area contributed by atoms with Crippen molar-refractivity contribution in [3.8, 4) is 5.75 Å². The number of aliphatic hydroxyl groups is 6. The van der Waals surface area contributed by atoms with Crippen LogP contribution in [0.25, 0.3) is 0 Å². The normalized spacial score (nSPS) is 40.6. The standard InChI is InChI=1S/C50H56N2O11S2/c53-21-28-5-1-4-27(14-28)15-29-16-35-41(57)33-7-2-8-36-40(33)42(58)49(35,38(56)17-29)25-64-65-26-52-39-18-34-30(20-51-39)9-10-31-19-46(12-3-6-32(46)22-54)23-48(31,34)37-11-13-47(24-55)45(60)50(37,61)43(59)44(62-36)63-47/h1-2,4-5,7-8,14,16-18,22,31-32,35,37,43-45,51-53,55-56,59-61H,3,6,9-13,15,19-21,23-26H2. The predicted octanol–water partition coefficient (Wildman–Crippen LogP) is 4.97. The first-order chi connectivity index (χ1) is 31.4. The van der Waals surface area contributed by atoms with E-state index in [9.17, 15) is 40.2 Å². The SMILES string of the molecule is O=CC1CCCC12CC1CCC3=C4C=C(NCSSCC56C(=O)c7c(cccc7C(=O)C5C=C(Cc5cccc(CO)c5)C=C6O)OC5OC6(CO)CCC(C41C2)C(O)(C5O)C6O)NC3. The van der Waals surface area contributed by atoms with Gasteiger partial charge >= 0.3 is 0 Å². The summed E-state index contributed by atoms with van der Waals surface area (Å²) in [7, 11) is 2.82. The van der Waals surface area contributed by atoms with Crippen molar-refractivity contribution in [3.05, 3.63) is 111 Å². The Labute approximate surface area is 385 Å². The van der Waals surface area contributed by atoms with Crippen LogP contribution in [0, 0.1) is 39.9 Å².